The van der Waals surface area contributed by atoms with Gasteiger partial charge in [0.15, 0.2) is 5.82 Å². The molecule has 0 aliphatic carbocycles. The standard InChI is InChI=1S/C11H15N5O/c1-3-16-10(8(2)12)14-15-11(16)17-9-6-4-5-7-13-9/h4-8H,3,12H2,1-2H3/t8-/m1/s1. The van der Waals surface area contributed by atoms with Gasteiger partial charge in [-0.1, -0.05) is 11.2 Å². The Morgan fingerprint density at radius 3 is 2.82 bits per heavy atom. The number of nitrogens with zero attached hydrogens (tertiary/aromatic N) is 4. The summed E-state index contributed by atoms with van der Waals surface area (Å²) in [5.41, 5.74) is 5.80. The van der Waals surface area contributed by atoms with Gasteiger partial charge >= 0.3 is 6.01 Å². The van der Waals surface area contributed by atoms with Crippen LogP contribution in [0.1, 0.15) is 25.7 Å². The van der Waals surface area contributed by atoms with Crippen LogP contribution in [-0.2, 0) is 6.54 Å². The van der Waals surface area contributed by atoms with E-state index in [0.717, 1.165) is 0 Å². The molecule has 0 aliphatic heterocycles. The van der Waals surface area contributed by atoms with Crippen LogP contribution in [0.4, 0.5) is 0 Å². The first kappa shape index (κ1) is 11.5. The number of rotatable bonds is 4. The zero-order valence-corrected chi connectivity index (χ0v) is 9.87. The van der Waals surface area contributed by atoms with Crippen molar-refractivity contribution in [2.45, 2.75) is 26.4 Å². The van der Waals surface area contributed by atoms with E-state index in [9.17, 15) is 0 Å². The molecule has 6 heteroatoms. The van der Waals surface area contributed by atoms with E-state index >= 15 is 0 Å². The zero-order valence-electron chi connectivity index (χ0n) is 9.87. The highest BCUT2D eigenvalue weighted by atomic mass is 16.5. The van der Waals surface area contributed by atoms with Crippen molar-refractivity contribution in [1.82, 2.24) is 19.7 Å². The SMILES string of the molecule is CCn1c(Oc2ccccn2)nnc1[C@@H](C)N. The molecule has 2 rings (SSSR count). The summed E-state index contributed by atoms with van der Waals surface area (Å²) in [6.45, 7) is 4.55. The summed E-state index contributed by atoms with van der Waals surface area (Å²) in [4.78, 5) is 4.07. The lowest BCUT2D eigenvalue weighted by Gasteiger charge is -2.09. The van der Waals surface area contributed by atoms with Gasteiger partial charge in [-0.25, -0.2) is 4.98 Å². The normalized spacial score (nSPS) is 12.4. The summed E-state index contributed by atoms with van der Waals surface area (Å²) >= 11 is 0. The van der Waals surface area contributed by atoms with Crippen molar-refractivity contribution in [3.05, 3.63) is 30.2 Å². The Balaban J connectivity index is 2.28. The fourth-order valence-corrected chi connectivity index (χ4v) is 1.51. The lowest BCUT2D eigenvalue weighted by atomic mass is 10.3. The fourth-order valence-electron chi connectivity index (χ4n) is 1.51. The van der Waals surface area contributed by atoms with E-state index in [2.05, 4.69) is 15.2 Å². The van der Waals surface area contributed by atoms with Crippen LogP contribution in [-0.4, -0.2) is 19.7 Å². The van der Waals surface area contributed by atoms with E-state index < -0.39 is 0 Å². The third-order valence-corrected chi connectivity index (χ3v) is 2.30. The van der Waals surface area contributed by atoms with Gasteiger partial charge in [-0.05, 0) is 19.9 Å². The zero-order chi connectivity index (χ0) is 12.3. The van der Waals surface area contributed by atoms with Crippen LogP contribution in [0.15, 0.2) is 24.4 Å². The van der Waals surface area contributed by atoms with Crippen LogP contribution in [0.3, 0.4) is 0 Å². The van der Waals surface area contributed by atoms with E-state index in [0.29, 0.717) is 24.3 Å². The minimum Gasteiger partial charge on any atom is -0.405 e. The molecular formula is C11H15N5O. The summed E-state index contributed by atoms with van der Waals surface area (Å²) in [5.74, 6) is 1.20. The molecule has 0 bridgehead atoms. The van der Waals surface area contributed by atoms with Crippen molar-refractivity contribution >= 4 is 0 Å². The molecule has 0 radical (unpaired) electrons. The maximum atomic E-state index is 5.80. The van der Waals surface area contributed by atoms with E-state index in [1.54, 1.807) is 12.3 Å². The first-order valence-electron chi connectivity index (χ1n) is 5.50. The summed E-state index contributed by atoms with van der Waals surface area (Å²) < 4.78 is 7.39. The fraction of sp³-hybridized carbons (Fsp3) is 0.364. The maximum Gasteiger partial charge on any atom is 0.323 e. The maximum absolute atomic E-state index is 5.80. The van der Waals surface area contributed by atoms with Crippen molar-refractivity contribution < 1.29 is 4.74 Å². The highest BCUT2D eigenvalue weighted by Gasteiger charge is 2.15. The minimum atomic E-state index is -0.177. The second kappa shape index (κ2) is 4.92. The molecule has 0 fully saturated rings. The largest absolute Gasteiger partial charge is 0.405 e. The van der Waals surface area contributed by atoms with Crippen molar-refractivity contribution in [1.29, 1.82) is 0 Å². The Labute approximate surface area is 99.4 Å². The van der Waals surface area contributed by atoms with Gasteiger partial charge in [0.1, 0.15) is 0 Å². The molecular weight excluding hydrogens is 218 g/mol. The Bertz CT molecular complexity index is 480. The van der Waals surface area contributed by atoms with Gasteiger partial charge in [-0.2, -0.15) is 0 Å². The highest BCUT2D eigenvalue weighted by Crippen LogP contribution is 2.19. The number of hydrogen-bond acceptors (Lipinski definition) is 5. The van der Waals surface area contributed by atoms with Crippen molar-refractivity contribution in [3.63, 3.8) is 0 Å². The van der Waals surface area contributed by atoms with Gasteiger partial charge in [0.05, 0.1) is 6.04 Å². The predicted molar refractivity (Wildman–Crippen MR) is 62.6 cm³/mol. The topological polar surface area (TPSA) is 78.8 Å². The first-order valence-corrected chi connectivity index (χ1v) is 5.50. The van der Waals surface area contributed by atoms with Gasteiger partial charge in [0, 0.05) is 18.8 Å². The molecule has 0 aliphatic rings. The van der Waals surface area contributed by atoms with Crippen molar-refractivity contribution in [2.24, 2.45) is 5.73 Å². The summed E-state index contributed by atoms with van der Waals surface area (Å²) in [7, 11) is 0. The Morgan fingerprint density at radius 2 is 2.24 bits per heavy atom. The van der Waals surface area contributed by atoms with Crippen LogP contribution in [0.25, 0.3) is 0 Å². The van der Waals surface area contributed by atoms with Crippen LogP contribution in [0.2, 0.25) is 0 Å². The summed E-state index contributed by atoms with van der Waals surface area (Å²) in [6, 6.07) is 5.67. The van der Waals surface area contributed by atoms with Crippen molar-refractivity contribution in [3.8, 4) is 11.9 Å². The predicted octanol–water partition coefficient (Wildman–Crippen LogP) is 1.50. The molecule has 17 heavy (non-hydrogen) atoms. The molecule has 0 saturated heterocycles. The molecule has 2 heterocycles. The Kier molecular flexibility index (Phi) is 3.34. The van der Waals surface area contributed by atoms with Crippen LogP contribution in [0.5, 0.6) is 11.9 Å². The van der Waals surface area contributed by atoms with Gasteiger partial charge in [0.25, 0.3) is 0 Å². The second-order valence-corrected chi connectivity index (χ2v) is 3.64. The molecule has 1 atom stereocenters. The number of pyridine rings is 1. The summed E-state index contributed by atoms with van der Waals surface area (Å²) in [6.07, 6.45) is 1.66. The van der Waals surface area contributed by atoms with E-state index in [1.165, 1.54) is 0 Å². The monoisotopic (exact) mass is 233 g/mol. The van der Waals surface area contributed by atoms with E-state index in [4.69, 9.17) is 10.5 Å². The molecule has 2 N–H and O–H groups in total. The highest BCUT2D eigenvalue weighted by molar-refractivity contribution is 5.15. The lowest BCUT2D eigenvalue weighted by Crippen LogP contribution is -2.13. The summed E-state index contributed by atoms with van der Waals surface area (Å²) in [5, 5.41) is 7.99. The second-order valence-electron chi connectivity index (χ2n) is 3.64. The van der Waals surface area contributed by atoms with Crippen LogP contribution in [0, 0.1) is 0 Å². The van der Waals surface area contributed by atoms with E-state index in [-0.39, 0.29) is 6.04 Å². The molecule has 0 saturated carbocycles. The third-order valence-electron chi connectivity index (χ3n) is 2.30. The minimum absolute atomic E-state index is 0.177. The molecule has 2 aromatic heterocycles. The number of nitrogens with two attached hydrogens (primary N) is 1. The number of aromatic nitrogens is 4. The molecule has 2 aromatic rings. The molecule has 6 nitrogen and oxygen atoms in total. The van der Waals surface area contributed by atoms with Crippen molar-refractivity contribution in [2.75, 3.05) is 0 Å². The van der Waals surface area contributed by atoms with Crippen LogP contribution >= 0.6 is 0 Å². The van der Waals surface area contributed by atoms with Gasteiger partial charge in [-0.15, -0.1) is 5.10 Å². The molecule has 0 aromatic carbocycles. The quantitative estimate of drug-likeness (QED) is 0.865. The third kappa shape index (κ3) is 2.42. The number of hydrogen-bond donors (Lipinski definition) is 1. The molecule has 90 valence electrons. The molecule has 0 unspecified atom stereocenters. The average Bonchev–Trinajstić information content (AvgIpc) is 2.73. The van der Waals surface area contributed by atoms with Gasteiger partial charge < -0.3 is 10.5 Å². The van der Waals surface area contributed by atoms with Crippen LogP contribution < -0.4 is 10.5 Å². The van der Waals surface area contributed by atoms with Gasteiger partial charge in [-0.3, -0.25) is 4.57 Å². The average molecular weight is 233 g/mol. The lowest BCUT2D eigenvalue weighted by molar-refractivity contribution is 0.395. The molecule has 0 amide bonds. The number of ether oxygens (including phenoxy) is 1. The van der Waals surface area contributed by atoms with Gasteiger partial charge in [0.2, 0.25) is 5.88 Å². The first-order chi connectivity index (χ1) is 8.22. The smallest absolute Gasteiger partial charge is 0.323 e. The Hall–Kier alpha value is -1.95. The molecule has 0 spiro atoms. The van der Waals surface area contributed by atoms with E-state index in [1.807, 2.05) is 30.5 Å². The Morgan fingerprint density at radius 1 is 1.41 bits per heavy atom.